The van der Waals surface area contributed by atoms with E-state index in [1.165, 1.54) is 12.1 Å². The number of rotatable bonds is 5. The Hall–Kier alpha value is -1.62. The normalized spacial score (nSPS) is 11.7. The molecular formula is C17H16Cl3NO3. The van der Waals surface area contributed by atoms with Crippen molar-refractivity contribution in [3.05, 3.63) is 57.5 Å². The average molecular weight is 389 g/mol. The van der Waals surface area contributed by atoms with Gasteiger partial charge in [-0.15, -0.1) is 0 Å². The molecule has 1 atom stereocenters. The molecule has 24 heavy (non-hydrogen) atoms. The van der Waals surface area contributed by atoms with Gasteiger partial charge in [0.15, 0.2) is 12.0 Å². The van der Waals surface area contributed by atoms with Gasteiger partial charge in [-0.3, -0.25) is 0 Å². The quantitative estimate of drug-likeness (QED) is 0.271. The first-order chi connectivity index (χ1) is 11.4. The third-order valence-electron chi connectivity index (χ3n) is 3.30. The highest BCUT2D eigenvalue weighted by molar-refractivity contribution is 6.43. The number of hydrogen-bond donors (Lipinski definition) is 0. The first-order valence-electron chi connectivity index (χ1n) is 7.27. The van der Waals surface area contributed by atoms with Gasteiger partial charge in [0, 0.05) is 18.3 Å². The van der Waals surface area contributed by atoms with Crippen molar-refractivity contribution in [3.63, 3.8) is 0 Å². The fraction of sp³-hybridized carbons (Fsp3) is 0.235. The molecule has 0 fully saturated rings. The number of benzene rings is 2. The fourth-order valence-corrected chi connectivity index (χ4v) is 2.74. The number of anilines is 1. The van der Waals surface area contributed by atoms with Crippen molar-refractivity contribution in [1.29, 1.82) is 0 Å². The van der Waals surface area contributed by atoms with Crippen molar-refractivity contribution >= 4 is 46.6 Å². The molecule has 7 heteroatoms. The molecule has 0 bridgehead atoms. The van der Waals surface area contributed by atoms with Crippen LogP contribution in [0.2, 0.25) is 15.1 Å². The van der Waals surface area contributed by atoms with Crippen LogP contribution < -0.4 is 9.64 Å². The highest BCUT2D eigenvalue weighted by Gasteiger charge is 2.19. The number of carbonyl (C=O) groups excluding carboxylic acids is 1. The zero-order valence-corrected chi connectivity index (χ0v) is 15.4. The maximum Gasteiger partial charge on any atom is 0.515 e. The van der Waals surface area contributed by atoms with Crippen molar-refractivity contribution in [1.82, 2.24) is 0 Å². The third kappa shape index (κ3) is 4.69. The third-order valence-corrected chi connectivity index (χ3v) is 4.32. The Morgan fingerprint density at radius 2 is 1.71 bits per heavy atom. The molecule has 0 aliphatic rings. The lowest BCUT2D eigenvalue weighted by atomic mass is 10.3. The van der Waals surface area contributed by atoms with Gasteiger partial charge in [-0.2, -0.15) is 0 Å². The van der Waals surface area contributed by atoms with Crippen LogP contribution in [0.5, 0.6) is 5.75 Å². The minimum absolute atomic E-state index is 0.0889. The van der Waals surface area contributed by atoms with E-state index < -0.39 is 12.4 Å². The average Bonchev–Trinajstić information content (AvgIpc) is 2.54. The van der Waals surface area contributed by atoms with Gasteiger partial charge in [0.1, 0.15) is 0 Å². The van der Waals surface area contributed by atoms with Crippen molar-refractivity contribution in [3.8, 4) is 5.75 Å². The van der Waals surface area contributed by atoms with Crippen LogP contribution in [0.1, 0.15) is 13.8 Å². The zero-order valence-electron chi connectivity index (χ0n) is 13.1. The number of halogens is 3. The maximum absolute atomic E-state index is 12.0. The zero-order chi connectivity index (χ0) is 17.7. The Morgan fingerprint density at radius 3 is 2.33 bits per heavy atom. The number of ether oxygens (including phenoxy) is 2. The van der Waals surface area contributed by atoms with Crippen molar-refractivity contribution < 1.29 is 14.3 Å². The van der Waals surface area contributed by atoms with E-state index in [2.05, 4.69) is 0 Å². The highest BCUT2D eigenvalue weighted by atomic mass is 35.5. The molecule has 0 aliphatic carbocycles. The Kier molecular flexibility index (Phi) is 6.60. The van der Waals surface area contributed by atoms with E-state index in [0.717, 1.165) is 5.69 Å². The van der Waals surface area contributed by atoms with Crippen LogP contribution in [0.4, 0.5) is 10.5 Å². The summed E-state index contributed by atoms with van der Waals surface area (Å²) in [7, 11) is 0. The summed E-state index contributed by atoms with van der Waals surface area (Å²) in [6.45, 7) is 4.38. The van der Waals surface area contributed by atoms with Gasteiger partial charge in [-0.25, -0.2) is 4.79 Å². The largest absolute Gasteiger partial charge is 0.515 e. The summed E-state index contributed by atoms with van der Waals surface area (Å²) in [4.78, 5) is 13.9. The van der Waals surface area contributed by atoms with Gasteiger partial charge in [0.25, 0.3) is 0 Å². The van der Waals surface area contributed by atoms with Crippen LogP contribution in [0.25, 0.3) is 0 Å². The Bertz CT molecular complexity index is 710. The molecule has 128 valence electrons. The monoisotopic (exact) mass is 387 g/mol. The molecule has 0 aliphatic heterocycles. The topological polar surface area (TPSA) is 38.8 Å². The second-order valence-corrected chi connectivity index (χ2v) is 6.11. The predicted molar refractivity (Wildman–Crippen MR) is 97.5 cm³/mol. The van der Waals surface area contributed by atoms with Crippen molar-refractivity contribution in [2.75, 3.05) is 11.4 Å². The standard InChI is InChI=1S/C17H16Cl3NO3/c1-3-21(12-7-5-4-6-8-12)11(2)23-17(22)24-16-10-14(19)13(18)9-15(16)20/h4-11H,3H2,1-2H3. The molecule has 4 nitrogen and oxygen atoms in total. The van der Waals surface area contributed by atoms with E-state index in [-0.39, 0.29) is 20.8 Å². The SMILES string of the molecule is CCN(c1ccccc1)C(C)OC(=O)Oc1cc(Cl)c(Cl)cc1Cl. The van der Waals surface area contributed by atoms with Crippen LogP contribution in [0, 0.1) is 0 Å². The Morgan fingerprint density at radius 1 is 1.08 bits per heavy atom. The minimum Gasteiger partial charge on any atom is -0.410 e. The van der Waals surface area contributed by atoms with E-state index in [4.69, 9.17) is 44.3 Å². The number of nitrogens with zero attached hydrogens (tertiary/aromatic N) is 1. The molecule has 1 unspecified atom stereocenters. The maximum atomic E-state index is 12.0. The first-order valence-corrected chi connectivity index (χ1v) is 8.40. The summed E-state index contributed by atoms with van der Waals surface area (Å²) in [5, 5.41) is 0.679. The number of para-hydroxylation sites is 1. The van der Waals surface area contributed by atoms with Gasteiger partial charge in [-0.05, 0) is 32.0 Å². The van der Waals surface area contributed by atoms with Crippen molar-refractivity contribution in [2.45, 2.75) is 20.1 Å². The van der Waals surface area contributed by atoms with Gasteiger partial charge >= 0.3 is 6.16 Å². The van der Waals surface area contributed by atoms with Gasteiger partial charge in [0.2, 0.25) is 0 Å². The smallest absolute Gasteiger partial charge is 0.410 e. The molecule has 0 N–H and O–H groups in total. The lowest BCUT2D eigenvalue weighted by Gasteiger charge is -2.29. The lowest BCUT2D eigenvalue weighted by molar-refractivity contribution is 0.0646. The molecule has 2 rings (SSSR count). The van der Waals surface area contributed by atoms with E-state index in [0.29, 0.717) is 6.54 Å². The van der Waals surface area contributed by atoms with Crippen LogP contribution in [0.15, 0.2) is 42.5 Å². The highest BCUT2D eigenvalue weighted by Crippen LogP contribution is 2.34. The summed E-state index contributed by atoms with van der Waals surface area (Å²) < 4.78 is 10.4. The second kappa shape index (κ2) is 8.47. The predicted octanol–water partition coefficient (Wildman–Crippen LogP) is 6.03. The van der Waals surface area contributed by atoms with Crippen LogP contribution in [-0.2, 0) is 4.74 Å². The van der Waals surface area contributed by atoms with E-state index >= 15 is 0 Å². The summed E-state index contributed by atoms with van der Waals surface area (Å²) in [6, 6.07) is 12.4. The molecule has 2 aromatic rings. The molecule has 0 spiro atoms. The molecule has 0 amide bonds. The summed E-state index contributed by atoms with van der Waals surface area (Å²) >= 11 is 17.7. The lowest BCUT2D eigenvalue weighted by Crippen LogP contribution is -2.37. The van der Waals surface area contributed by atoms with Crippen LogP contribution in [-0.4, -0.2) is 18.9 Å². The van der Waals surface area contributed by atoms with E-state index in [1.807, 2.05) is 42.2 Å². The number of carbonyl (C=O) groups is 1. The molecule has 2 aromatic carbocycles. The number of hydrogen-bond acceptors (Lipinski definition) is 4. The minimum atomic E-state index is -0.878. The molecular weight excluding hydrogens is 373 g/mol. The van der Waals surface area contributed by atoms with Gasteiger partial charge in [0.05, 0.1) is 15.1 Å². The van der Waals surface area contributed by atoms with Crippen molar-refractivity contribution in [2.24, 2.45) is 0 Å². The molecule has 0 aromatic heterocycles. The summed E-state index contributed by atoms with van der Waals surface area (Å²) in [5.41, 5.74) is 0.938. The summed E-state index contributed by atoms with van der Waals surface area (Å²) in [5.74, 6) is 0.0889. The Labute approximate surface area is 155 Å². The van der Waals surface area contributed by atoms with Crippen LogP contribution in [0.3, 0.4) is 0 Å². The van der Waals surface area contributed by atoms with Gasteiger partial charge in [-0.1, -0.05) is 53.0 Å². The second-order valence-electron chi connectivity index (χ2n) is 4.89. The molecule has 0 heterocycles. The molecule has 0 saturated carbocycles. The Balaban J connectivity index is 2.05. The van der Waals surface area contributed by atoms with Gasteiger partial charge < -0.3 is 14.4 Å². The first kappa shape index (κ1) is 18.7. The molecule has 0 radical (unpaired) electrons. The molecule has 0 saturated heterocycles. The van der Waals surface area contributed by atoms with Crippen LogP contribution >= 0.6 is 34.8 Å². The fourth-order valence-electron chi connectivity index (χ4n) is 2.17. The summed E-state index contributed by atoms with van der Waals surface area (Å²) in [6.07, 6.45) is -1.40. The van der Waals surface area contributed by atoms with E-state index in [9.17, 15) is 4.79 Å². The van der Waals surface area contributed by atoms with E-state index in [1.54, 1.807) is 6.92 Å².